The van der Waals surface area contributed by atoms with Crippen LogP contribution >= 0.6 is 22.6 Å². The molecule has 4 rings (SSSR count). The van der Waals surface area contributed by atoms with Gasteiger partial charge in [0.15, 0.2) is 0 Å². The summed E-state index contributed by atoms with van der Waals surface area (Å²) in [5.41, 5.74) is 3.49. The van der Waals surface area contributed by atoms with Gasteiger partial charge < -0.3 is 0 Å². The van der Waals surface area contributed by atoms with Crippen LogP contribution in [0.5, 0.6) is 0 Å². The first-order chi connectivity index (χ1) is 14.4. The van der Waals surface area contributed by atoms with Crippen LogP contribution < -0.4 is 0 Å². The van der Waals surface area contributed by atoms with Gasteiger partial charge in [-0.05, 0) is 70.5 Å². The van der Waals surface area contributed by atoms with Crippen molar-refractivity contribution in [1.82, 2.24) is 4.31 Å². The predicted molar refractivity (Wildman–Crippen MR) is 126 cm³/mol. The first-order valence-electron chi connectivity index (χ1n) is 9.52. The average molecular weight is 529 g/mol. The fourth-order valence-corrected chi connectivity index (χ4v) is 5.32. The van der Waals surface area contributed by atoms with Gasteiger partial charge in [0.25, 0.3) is 10.0 Å². The highest BCUT2D eigenvalue weighted by atomic mass is 127. The second kappa shape index (κ2) is 8.35. The molecule has 30 heavy (non-hydrogen) atoms. The normalized spacial score (nSPS) is 17.0. The van der Waals surface area contributed by atoms with E-state index in [2.05, 4.69) is 22.6 Å². The molecule has 1 aliphatic rings. The number of aryl methyl sites for hydroxylation is 1. The topological polar surface area (TPSA) is 54.5 Å². The number of halogens is 1. The summed E-state index contributed by atoms with van der Waals surface area (Å²) in [4.78, 5) is 13.7. The zero-order valence-corrected chi connectivity index (χ0v) is 19.3. The molecule has 0 bridgehead atoms. The Bertz CT molecular complexity index is 1200. The molecular formula is C24H20INO3S. The van der Waals surface area contributed by atoms with Crippen molar-refractivity contribution in [3.8, 4) is 0 Å². The lowest BCUT2D eigenvalue weighted by Gasteiger charge is -2.32. The Hall–Kier alpha value is -2.45. The number of sulfonamides is 1. The van der Waals surface area contributed by atoms with Crippen LogP contribution in [0.25, 0.3) is 5.57 Å². The third kappa shape index (κ3) is 3.94. The number of hydrogen-bond donors (Lipinski definition) is 0. The van der Waals surface area contributed by atoms with Gasteiger partial charge in [0, 0.05) is 3.57 Å². The van der Waals surface area contributed by atoms with E-state index in [-0.39, 0.29) is 11.4 Å². The molecule has 1 unspecified atom stereocenters. The molecule has 0 aromatic heterocycles. The fourth-order valence-electron chi connectivity index (χ4n) is 3.61. The number of rotatable bonds is 4. The fraction of sp³-hybridized carbons (Fsp3) is 0.125. The second-order valence-corrected chi connectivity index (χ2v) is 10.3. The molecule has 4 nitrogen and oxygen atoms in total. The third-order valence-corrected chi connectivity index (χ3v) is 7.70. The van der Waals surface area contributed by atoms with Crippen molar-refractivity contribution in [2.24, 2.45) is 0 Å². The maximum Gasteiger partial charge on any atom is 0.266 e. The van der Waals surface area contributed by atoms with Crippen LogP contribution in [0.4, 0.5) is 0 Å². The molecule has 1 heterocycles. The zero-order valence-electron chi connectivity index (χ0n) is 16.3. The van der Waals surface area contributed by atoms with E-state index in [1.807, 2.05) is 67.6 Å². The number of carbonyl (C=O) groups is 1. The standard InChI is InChI=1S/C24H20INO3S/c1-17-7-13-21(14-8-17)30(28,29)26-16-15-22(18-9-11-20(25)12-10-18)23(24(26)27)19-5-3-2-4-6-19/h2-15,23H,16H2,1H3. The Balaban J connectivity index is 1.81. The van der Waals surface area contributed by atoms with Gasteiger partial charge >= 0.3 is 0 Å². The van der Waals surface area contributed by atoms with Gasteiger partial charge in [0.2, 0.25) is 5.91 Å². The summed E-state index contributed by atoms with van der Waals surface area (Å²) in [6, 6.07) is 23.8. The molecule has 1 atom stereocenters. The molecule has 0 fully saturated rings. The lowest BCUT2D eigenvalue weighted by atomic mass is 9.84. The number of carbonyl (C=O) groups excluding carboxylic acids is 1. The number of amides is 1. The maximum atomic E-state index is 13.6. The maximum absolute atomic E-state index is 13.6. The summed E-state index contributed by atoms with van der Waals surface area (Å²) in [5, 5.41) is 0. The van der Waals surface area contributed by atoms with E-state index in [0.29, 0.717) is 0 Å². The van der Waals surface area contributed by atoms with E-state index in [0.717, 1.165) is 30.1 Å². The van der Waals surface area contributed by atoms with Crippen LogP contribution in [0.3, 0.4) is 0 Å². The molecule has 152 valence electrons. The highest BCUT2D eigenvalue weighted by Crippen LogP contribution is 2.38. The highest BCUT2D eigenvalue weighted by molar-refractivity contribution is 14.1. The van der Waals surface area contributed by atoms with E-state index in [9.17, 15) is 13.2 Å². The Morgan fingerprint density at radius 3 is 2.17 bits per heavy atom. The molecule has 0 spiro atoms. The zero-order chi connectivity index (χ0) is 21.3. The second-order valence-electron chi connectivity index (χ2n) is 7.20. The van der Waals surface area contributed by atoms with Crippen molar-refractivity contribution in [3.63, 3.8) is 0 Å². The van der Waals surface area contributed by atoms with Gasteiger partial charge in [-0.3, -0.25) is 4.79 Å². The molecule has 0 N–H and O–H groups in total. The van der Waals surface area contributed by atoms with E-state index >= 15 is 0 Å². The number of hydrogen-bond acceptors (Lipinski definition) is 3. The summed E-state index contributed by atoms with van der Waals surface area (Å²) in [6.45, 7) is 1.91. The Morgan fingerprint density at radius 2 is 1.53 bits per heavy atom. The van der Waals surface area contributed by atoms with Crippen LogP contribution in [0.15, 0.2) is 89.8 Å². The largest absolute Gasteiger partial charge is 0.273 e. The molecule has 3 aromatic carbocycles. The third-order valence-electron chi connectivity index (χ3n) is 5.20. The van der Waals surface area contributed by atoms with E-state index < -0.39 is 21.8 Å². The first-order valence-corrected chi connectivity index (χ1v) is 12.0. The summed E-state index contributed by atoms with van der Waals surface area (Å²) in [5.74, 6) is -1.11. The first kappa shape index (κ1) is 20.8. The SMILES string of the molecule is Cc1ccc(S(=O)(=O)N2CC=C(c3ccc(I)cc3)C(c3ccccc3)C2=O)cc1. The minimum atomic E-state index is -3.94. The monoisotopic (exact) mass is 529 g/mol. The van der Waals surface area contributed by atoms with E-state index in [1.165, 1.54) is 0 Å². The van der Waals surface area contributed by atoms with Crippen LogP contribution in [-0.2, 0) is 14.8 Å². The van der Waals surface area contributed by atoms with Crippen molar-refractivity contribution in [3.05, 3.63) is 105 Å². The van der Waals surface area contributed by atoms with Crippen molar-refractivity contribution in [2.45, 2.75) is 17.7 Å². The molecular weight excluding hydrogens is 509 g/mol. The van der Waals surface area contributed by atoms with Crippen LogP contribution in [0, 0.1) is 10.5 Å². The molecule has 3 aromatic rings. The van der Waals surface area contributed by atoms with E-state index in [1.54, 1.807) is 24.3 Å². The minimum Gasteiger partial charge on any atom is -0.273 e. The highest BCUT2D eigenvalue weighted by Gasteiger charge is 2.39. The lowest BCUT2D eigenvalue weighted by molar-refractivity contribution is -0.126. The summed E-state index contributed by atoms with van der Waals surface area (Å²) < 4.78 is 28.6. The molecule has 1 aliphatic heterocycles. The number of benzene rings is 3. The predicted octanol–water partition coefficient (Wildman–Crippen LogP) is 5.00. The van der Waals surface area contributed by atoms with Crippen molar-refractivity contribution in [1.29, 1.82) is 0 Å². The molecule has 0 saturated carbocycles. The van der Waals surface area contributed by atoms with Crippen molar-refractivity contribution < 1.29 is 13.2 Å². The van der Waals surface area contributed by atoms with Crippen LogP contribution in [0.2, 0.25) is 0 Å². The summed E-state index contributed by atoms with van der Waals surface area (Å²) >= 11 is 2.24. The molecule has 1 amide bonds. The Morgan fingerprint density at radius 1 is 0.900 bits per heavy atom. The van der Waals surface area contributed by atoms with Gasteiger partial charge in [-0.1, -0.05) is 66.2 Å². The van der Waals surface area contributed by atoms with Gasteiger partial charge in [-0.15, -0.1) is 0 Å². The van der Waals surface area contributed by atoms with Crippen LogP contribution in [-0.4, -0.2) is 25.2 Å². The quantitative estimate of drug-likeness (QED) is 0.448. The minimum absolute atomic E-state index is 0.0136. The summed E-state index contributed by atoms with van der Waals surface area (Å²) in [6.07, 6.45) is 1.85. The summed E-state index contributed by atoms with van der Waals surface area (Å²) in [7, 11) is -3.94. The molecule has 0 saturated heterocycles. The van der Waals surface area contributed by atoms with Gasteiger partial charge in [0.05, 0.1) is 17.4 Å². The molecule has 6 heteroatoms. The Labute approximate surface area is 190 Å². The van der Waals surface area contributed by atoms with Crippen molar-refractivity contribution in [2.75, 3.05) is 6.54 Å². The molecule has 0 aliphatic carbocycles. The number of nitrogens with zero attached hydrogens (tertiary/aromatic N) is 1. The van der Waals surface area contributed by atoms with Gasteiger partial charge in [0.1, 0.15) is 0 Å². The lowest BCUT2D eigenvalue weighted by Crippen LogP contribution is -2.43. The molecule has 0 radical (unpaired) electrons. The van der Waals surface area contributed by atoms with Crippen molar-refractivity contribution >= 4 is 44.1 Å². The van der Waals surface area contributed by atoms with Gasteiger partial charge in [-0.25, -0.2) is 12.7 Å². The van der Waals surface area contributed by atoms with Gasteiger partial charge in [-0.2, -0.15) is 0 Å². The smallest absolute Gasteiger partial charge is 0.266 e. The van der Waals surface area contributed by atoms with E-state index in [4.69, 9.17) is 0 Å². The van der Waals surface area contributed by atoms with Crippen LogP contribution in [0.1, 0.15) is 22.6 Å². The average Bonchev–Trinajstić information content (AvgIpc) is 2.75. The Kier molecular flexibility index (Phi) is 5.79.